The lowest BCUT2D eigenvalue weighted by atomic mass is 9.98. The maximum atomic E-state index is 12.3. The van der Waals surface area contributed by atoms with E-state index in [4.69, 9.17) is 9.15 Å². The molecule has 25 heavy (non-hydrogen) atoms. The van der Waals surface area contributed by atoms with Crippen LogP contribution in [0, 0.1) is 20.8 Å². The molecule has 3 rings (SSSR count). The van der Waals surface area contributed by atoms with E-state index < -0.39 is 0 Å². The molecule has 5 nitrogen and oxygen atoms in total. The van der Waals surface area contributed by atoms with Crippen LogP contribution in [0.5, 0.6) is 5.75 Å². The van der Waals surface area contributed by atoms with Gasteiger partial charge < -0.3 is 9.15 Å². The molecule has 0 aliphatic heterocycles. The quantitative estimate of drug-likeness (QED) is 0.678. The molecule has 0 bridgehead atoms. The lowest BCUT2D eigenvalue weighted by Gasteiger charge is -2.13. The number of hydrogen-bond donors (Lipinski definition) is 1. The molecule has 2 heterocycles. The minimum Gasteiger partial charge on any atom is -0.496 e. The Balaban J connectivity index is 1.99. The third kappa shape index (κ3) is 3.30. The number of aryl methyl sites for hydroxylation is 3. The summed E-state index contributed by atoms with van der Waals surface area (Å²) in [5, 5.41) is 6.31. The van der Waals surface area contributed by atoms with Gasteiger partial charge in [-0.05, 0) is 44.9 Å². The predicted octanol–water partition coefficient (Wildman–Crippen LogP) is 4.87. The number of ether oxygens (including phenoxy) is 1. The Bertz CT molecular complexity index is 982. The molecule has 1 amide bonds. The van der Waals surface area contributed by atoms with Gasteiger partial charge >= 0.3 is 0 Å². The van der Waals surface area contributed by atoms with Crippen LogP contribution in [-0.2, 0) is 4.79 Å². The van der Waals surface area contributed by atoms with Gasteiger partial charge in [0.15, 0.2) is 5.13 Å². The Morgan fingerprint density at radius 3 is 2.76 bits per heavy atom. The number of carbonyl (C=O) groups is 1. The minimum atomic E-state index is -0.212. The maximum absolute atomic E-state index is 12.3. The number of furan rings is 1. The van der Waals surface area contributed by atoms with Crippen LogP contribution < -0.4 is 10.1 Å². The van der Waals surface area contributed by atoms with Crippen LogP contribution in [0.1, 0.15) is 29.3 Å². The zero-order valence-corrected chi connectivity index (χ0v) is 15.7. The minimum absolute atomic E-state index is 0.212. The number of aromatic nitrogens is 1. The van der Waals surface area contributed by atoms with Gasteiger partial charge in [-0.15, -0.1) is 11.3 Å². The third-order valence-electron chi connectivity index (χ3n) is 4.06. The topological polar surface area (TPSA) is 64.4 Å². The zero-order valence-electron chi connectivity index (χ0n) is 14.9. The molecule has 1 aromatic carbocycles. The van der Waals surface area contributed by atoms with Crippen LogP contribution >= 0.6 is 11.3 Å². The summed E-state index contributed by atoms with van der Waals surface area (Å²) in [6, 6.07) is 2.01. The second kappa shape index (κ2) is 6.72. The van der Waals surface area contributed by atoms with E-state index in [2.05, 4.69) is 10.3 Å². The molecule has 0 aliphatic carbocycles. The van der Waals surface area contributed by atoms with Crippen LogP contribution in [-0.4, -0.2) is 18.0 Å². The molecule has 0 fully saturated rings. The van der Waals surface area contributed by atoms with Crippen molar-refractivity contribution in [3.8, 4) is 5.75 Å². The van der Waals surface area contributed by atoms with Crippen LogP contribution in [0.15, 0.2) is 28.2 Å². The fraction of sp³-hybridized carbons (Fsp3) is 0.263. The van der Waals surface area contributed by atoms with Gasteiger partial charge in [-0.1, -0.05) is 0 Å². The molecule has 0 atom stereocenters. The fourth-order valence-corrected chi connectivity index (χ4v) is 3.51. The van der Waals surface area contributed by atoms with E-state index in [-0.39, 0.29) is 5.91 Å². The normalized spacial score (nSPS) is 11.8. The number of benzene rings is 1. The van der Waals surface area contributed by atoms with E-state index in [1.165, 1.54) is 11.3 Å². The van der Waals surface area contributed by atoms with E-state index in [0.717, 1.165) is 38.9 Å². The standard InChI is InChI=1S/C19H20N2O3S/c1-10(6-16(22)21-19-20-12(3)9-25-19)14-7-15-11(2)8-24-18(15)13(4)17(14)23-5/h6-9H,1-5H3,(H,20,21,22)/b10-6+. The van der Waals surface area contributed by atoms with E-state index >= 15 is 0 Å². The summed E-state index contributed by atoms with van der Waals surface area (Å²) >= 11 is 1.41. The largest absolute Gasteiger partial charge is 0.496 e. The highest BCUT2D eigenvalue weighted by atomic mass is 32.1. The first-order chi connectivity index (χ1) is 11.9. The van der Waals surface area contributed by atoms with Crippen molar-refractivity contribution in [1.82, 2.24) is 4.98 Å². The van der Waals surface area contributed by atoms with Crippen LogP contribution in [0.2, 0.25) is 0 Å². The van der Waals surface area contributed by atoms with E-state index in [0.29, 0.717) is 10.9 Å². The number of nitrogens with one attached hydrogen (secondary N) is 1. The van der Waals surface area contributed by atoms with Crippen molar-refractivity contribution in [2.75, 3.05) is 12.4 Å². The fourth-order valence-electron chi connectivity index (χ4n) is 2.82. The molecule has 0 aliphatic rings. The van der Waals surface area contributed by atoms with Crippen molar-refractivity contribution in [3.63, 3.8) is 0 Å². The van der Waals surface area contributed by atoms with Gasteiger partial charge in [0.1, 0.15) is 11.3 Å². The summed E-state index contributed by atoms with van der Waals surface area (Å²) in [7, 11) is 1.62. The number of carbonyl (C=O) groups excluding carboxylic acids is 1. The van der Waals surface area contributed by atoms with Gasteiger partial charge in [0.2, 0.25) is 5.91 Å². The molecule has 0 radical (unpaired) electrons. The number of rotatable bonds is 4. The summed E-state index contributed by atoms with van der Waals surface area (Å²) in [4.78, 5) is 16.5. The highest BCUT2D eigenvalue weighted by Gasteiger charge is 2.17. The van der Waals surface area contributed by atoms with Gasteiger partial charge in [-0.3, -0.25) is 10.1 Å². The summed E-state index contributed by atoms with van der Waals surface area (Å²) in [5.41, 5.74) is 5.37. The van der Waals surface area contributed by atoms with Crippen LogP contribution in [0.3, 0.4) is 0 Å². The first-order valence-electron chi connectivity index (χ1n) is 7.88. The molecule has 0 spiro atoms. The maximum Gasteiger partial charge on any atom is 0.250 e. The van der Waals surface area contributed by atoms with Crippen molar-refractivity contribution in [3.05, 3.63) is 46.2 Å². The van der Waals surface area contributed by atoms with Crippen LogP contribution in [0.25, 0.3) is 16.5 Å². The van der Waals surface area contributed by atoms with Gasteiger partial charge in [-0.25, -0.2) is 4.98 Å². The molecule has 6 heteroatoms. The van der Waals surface area contributed by atoms with Gasteiger partial charge in [0.25, 0.3) is 0 Å². The number of allylic oxidation sites excluding steroid dienone is 1. The highest BCUT2D eigenvalue weighted by molar-refractivity contribution is 7.13. The van der Waals surface area contributed by atoms with Gasteiger partial charge in [0, 0.05) is 28.0 Å². The first-order valence-corrected chi connectivity index (χ1v) is 8.76. The molecule has 2 aromatic heterocycles. The second-order valence-electron chi connectivity index (χ2n) is 5.99. The first kappa shape index (κ1) is 17.2. The molecule has 3 aromatic rings. The number of methoxy groups -OCH3 is 1. The Morgan fingerprint density at radius 2 is 2.12 bits per heavy atom. The number of anilines is 1. The van der Waals surface area contributed by atoms with Gasteiger partial charge in [0.05, 0.1) is 19.1 Å². The molecule has 130 valence electrons. The summed E-state index contributed by atoms with van der Waals surface area (Å²) in [6.07, 6.45) is 3.30. The van der Waals surface area contributed by atoms with Crippen molar-refractivity contribution < 1.29 is 13.9 Å². The highest BCUT2D eigenvalue weighted by Crippen LogP contribution is 2.37. The Labute approximate surface area is 150 Å². The Hall–Kier alpha value is -2.60. The monoisotopic (exact) mass is 356 g/mol. The number of fused-ring (bicyclic) bond motifs is 1. The smallest absolute Gasteiger partial charge is 0.250 e. The number of amides is 1. The SMILES string of the molecule is COc1c(/C(C)=C/C(=O)Nc2nc(C)cs2)cc2c(C)coc2c1C. The summed E-state index contributed by atoms with van der Waals surface area (Å²) < 4.78 is 11.2. The van der Waals surface area contributed by atoms with Crippen molar-refractivity contribution in [2.24, 2.45) is 0 Å². The van der Waals surface area contributed by atoms with Crippen molar-refractivity contribution >= 4 is 38.9 Å². The van der Waals surface area contributed by atoms with E-state index in [1.807, 2.05) is 39.1 Å². The molecule has 0 unspecified atom stereocenters. The Morgan fingerprint density at radius 1 is 1.36 bits per heavy atom. The zero-order chi connectivity index (χ0) is 18.1. The molecule has 0 saturated heterocycles. The van der Waals surface area contributed by atoms with Gasteiger partial charge in [-0.2, -0.15) is 0 Å². The average molecular weight is 356 g/mol. The second-order valence-corrected chi connectivity index (χ2v) is 6.85. The van der Waals surface area contributed by atoms with Crippen molar-refractivity contribution in [1.29, 1.82) is 0 Å². The average Bonchev–Trinajstić information content (AvgIpc) is 3.13. The molecular weight excluding hydrogens is 336 g/mol. The molecular formula is C19H20N2O3S. The number of hydrogen-bond acceptors (Lipinski definition) is 5. The lowest BCUT2D eigenvalue weighted by molar-refractivity contribution is -0.111. The summed E-state index contributed by atoms with van der Waals surface area (Å²) in [6.45, 7) is 7.74. The predicted molar refractivity (Wildman–Crippen MR) is 101 cm³/mol. The third-order valence-corrected chi connectivity index (χ3v) is 4.94. The Kier molecular flexibility index (Phi) is 4.63. The van der Waals surface area contributed by atoms with Crippen molar-refractivity contribution in [2.45, 2.75) is 27.7 Å². The number of nitrogens with zero attached hydrogens (tertiary/aromatic N) is 1. The van der Waals surface area contributed by atoms with E-state index in [9.17, 15) is 4.79 Å². The summed E-state index contributed by atoms with van der Waals surface area (Å²) in [5.74, 6) is 0.504. The van der Waals surface area contributed by atoms with Crippen LogP contribution in [0.4, 0.5) is 5.13 Å². The number of thiazole rings is 1. The molecule has 1 N–H and O–H groups in total. The van der Waals surface area contributed by atoms with E-state index in [1.54, 1.807) is 19.4 Å². The molecule has 0 saturated carbocycles. The lowest BCUT2D eigenvalue weighted by Crippen LogP contribution is -2.08.